The zero-order valence-corrected chi connectivity index (χ0v) is 11.9. The highest BCUT2D eigenvalue weighted by Crippen LogP contribution is 2.35. The maximum atomic E-state index is 13.5. The summed E-state index contributed by atoms with van der Waals surface area (Å²) in [5.41, 5.74) is 1.04. The Labute approximate surface area is 132 Å². The Kier molecular flexibility index (Phi) is 2.86. The summed E-state index contributed by atoms with van der Waals surface area (Å²) in [7, 11) is 0. The van der Waals surface area contributed by atoms with Crippen molar-refractivity contribution < 1.29 is 13.2 Å². The fourth-order valence-corrected chi connectivity index (χ4v) is 2.64. The highest BCUT2D eigenvalue weighted by atomic mass is 19.4. The monoisotopic (exact) mass is 331 g/mol. The van der Waals surface area contributed by atoms with Crippen LogP contribution in [0.2, 0.25) is 0 Å². The van der Waals surface area contributed by atoms with Crippen molar-refractivity contribution in [2.24, 2.45) is 0 Å². The van der Waals surface area contributed by atoms with Crippen LogP contribution in [0.1, 0.15) is 5.82 Å². The number of aromatic nitrogens is 6. The second-order valence-electron chi connectivity index (χ2n) is 5.05. The number of pyridine rings is 1. The summed E-state index contributed by atoms with van der Waals surface area (Å²) in [5.74, 6) is -1.07. The van der Waals surface area contributed by atoms with Crippen LogP contribution in [0, 0.1) is 11.3 Å². The molecule has 0 saturated carbocycles. The van der Waals surface area contributed by atoms with Crippen molar-refractivity contribution in [1.82, 2.24) is 29.3 Å². The lowest BCUT2D eigenvalue weighted by molar-refractivity contribution is -0.145. The number of nitriles is 1. The number of hydrogen-bond acceptors (Lipinski definition) is 4. The molecule has 0 atom stereocenters. The molecule has 24 heavy (non-hydrogen) atoms. The van der Waals surface area contributed by atoms with E-state index >= 15 is 0 Å². The van der Waals surface area contributed by atoms with Crippen molar-refractivity contribution in [3.63, 3.8) is 0 Å². The van der Waals surface area contributed by atoms with Crippen molar-refractivity contribution in [3.05, 3.63) is 36.7 Å². The van der Waals surface area contributed by atoms with Gasteiger partial charge in [-0.05, 0) is 6.07 Å². The van der Waals surface area contributed by atoms with E-state index in [1.54, 1.807) is 12.3 Å². The average molecular weight is 331 g/mol. The van der Waals surface area contributed by atoms with Gasteiger partial charge in [0.25, 0.3) is 0 Å². The Bertz CT molecular complexity index is 1090. The molecule has 0 fully saturated rings. The summed E-state index contributed by atoms with van der Waals surface area (Å²) in [6.07, 6.45) is 0.879. The number of imidazole rings is 1. The maximum absolute atomic E-state index is 13.5. The highest BCUT2D eigenvalue weighted by Gasteiger charge is 2.38. The van der Waals surface area contributed by atoms with E-state index in [0.717, 1.165) is 4.57 Å². The molecule has 4 aromatic rings. The van der Waals surface area contributed by atoms with E-state index in [1.807, 2.05) is 6.07 Å². The normalized spacial score (nSPS) is 12.1. The summed E-state index contributed by atoms with van der Waals surface area (Å²) in [5, 5.41) is 13.1. The van der Waals surface area contributed by atoms with E-state index in [2.05, 4.69) is 20.1 Å². The average Bonchev–Trinajstić information content (AvgIpc) is 3.22. The second-order valence-corrected chi connectivity index (χ2v) is 5.05. The van der Waals surface area contributed by atoms with Crippen molar-refractivity contribution in [1.29, 1.82) is 5.26 Å². The van der Waals surface area contributed by atoms with Crippen LogP contribution >= 0.6 is 0 Å². The third-order valence-corrected chi connectivity index (χ3v) is 3.56. The molecule has 10 heteroatoms. The molecule has 0 aliphatic carbocycles. The molecule has 4 heterocycles. The van der Waals surface area contributed by atoms with Gasteiger partial charge >= 0.3 is 6.18 Å². The quantitative estimate of drug-likeness (QED) is 0.611. The summed E-state index contributed by atoms with van der Waals surface area (Å²) in [6, 6.07) is 3.53. The Morgan fingerprint density at radius 1 is 1.29 bits per heavy atom. The number of fused-ring (bicyclic) bond motifs is 3. The molecule has 0 saturated heterocycles. The number of hydrogen-bond donors (Lipinski definition) is 1. The van der Waals surface area contributed by atoms with E-state index in [1.165, 1.54) is 23.3 Å². The number of aromatic amines is 1. The molecule has 0 amide bonds. The maximum Gasteiger partial charge on any atom is 0.450 e. The second kappa shape index (κ2) is 4.82. The van der Waals surface area contributed by atoms with E-state index in [4.69, 9.17) is 5.26 Å². The molecule has 4 rings (SSSR count). The lowest BCUT2D eigenvalue weighted by atomic mass is 10.3. The van der Waals surface area contributed by atoms with Crippen LogP contribution in [-0.4, -0.2) is 29.3 Å². The zero-order valence-electron chi connectivity index (χ0n) is 11.9. The molecule has 0 bridgehead atoms. The molecule has 1 N–H and O–H groups in total. The fourth-order valence-electron chi connectivity index (χ4n) is 2.64. The number of rotatable bonds is 2. The third-order valence-electron chi connectivity index (χ3n) is 3.56. The first-order chi connectivity index (χ1) is 11.5. The van der Waals surface area contributed by atoms with Gasteiger partial charge in [-0.1, -0.05) is 0 Å². The number of H-pyrrole nitrogens is 1. The Morgan fingerprint density at radius 3 is 2.88 bits per heavy atom. The molecule has 0 aliphatic rings. The van der Waals surface area contributed by atoms with Gasteiger partial charge in [0.15, 0.2) is 0 Å². The van der Waals surface area contributed by atoms with Gasteiger partial charge in [0.1, 0.15) is 17.7 Å². The predicted molar refractivity (Wildman–Crippen MR) is 77.1 cm³/mol. The van der Waals surface area contributed by atoms with Crippen LogP contribution < -0.4 is 0 Å². The molecule has 0 unspecified atom stereocenters. The fraction of sp³-hybridized carbons (Fsp3) is 0.143. The van der Waals surface area contributed by atoms with E-state index in [0.29, 0.717) is 11.0 Å². The van der Waals surface area contributed by atoms with Crippen molar-refractivity contribution in [3.8, 4) is 11.8 Å². The molecule has 0 aromatic carbocycles. The minimum absolute atomic E-state index is 0.0604. The van der Waals surface area contributed by atoms with Crippen LogP contribution in [0.25, 0.3) is 27.8 Å². The van der Waals surface area contributed by atoms with Gasteiger partial charge in [-0.3, -0.25) is 9.25 Å². The third kappa shape index (κ3) is 2.02. The topological polar surface area (TPSA) is 88.1 Å². The SMILES string of the molecule is N#CCn1cc(-n2c(C(F)(F)F)nc3cnc4[nH]ccc4c32)cn1. The summed E-state index contributed by atoms with van der Waals surface area (Å²) in [6.45, 7) is -0.0604. The standard InChI is InChI=1S/C14H8F3N7/c15-14(16,17)13-22-10-6-20-12-9(1-3-19-12)11(10)24(13)8-5-21-23(7-8)4-2-18/h1,3,5-7H,4H2,(H,19,20). The summed E-state index contributed by atoms with van der Waals surface area (Å²) < 4.78 is 42.6. The van der Waals surface area contributed by atoms with Gasteiger partial charge in [-0.25, -0.2) is 9.97 Å². The molecular formula is C14H8F3N7. The lowest BCUT2D eigenvalue weighted by Gasteiger charge is -2.09. The summed E-state index contributed by atoms with van der Waals surface area (Å²) in [4.78, 5) is 10.6. The zero-order chi connectivity index (χ0) is 16.9. The van der Waals surface area contributed by atoms with Crippen molar-refractivity contribution in [2.45, 2.75) is 12.7 Å². The van der Waals surface area contributed by atoms with Crippen LogP contribution in [0.15, 0.2) is 30.9 Å². The molecule has 120 valence electrons. The Balaban J connectivity index is 2.09. The van der Waals surface area contributed by atoms with E-state index in [9.17, 15) is 13.2 Å². The molecule has 0 radical (unpaired) electrons. The molecule has 0 aliphatic heterocycles. The lowest BCUT2D eigenvalue weighted by Crippen LogP contribution is -2.13. The van der Waals surface area contributed by atoms with E-state index < -0.39 is 12.0 Å². The molecule has 7 nitrogen and oxygen atoms in total. The Hall–Kier alpha value is -3.35. The van der Waals surface area contributed by atoms with Gasteiger partial charge in [0.05, 0.1) is 35.9 Å². The van der Waals surface area contributed by atoms with Crippen molar-refractivity contribution >= 4 is 22.1 Å². The largest absolute Gasteiger partial charge is 0.450 e. The van der Waals surface area contributed by atoms with Crippen LogP contribution in [0.5, 0.6) is 0 Å². The number of nitrogens with one attached hydrogen (secondary N) is 1. The van der Waals surface area contributed by atoms with E-state index in [-0.39, 0.29) is 23.3 Å². The van der Waals surface area contributed by atoms with Crippen LogP contribution in [-0.2, 0) is 12.7 Å². The predicted octanol–water partition coefficient (Wildman–Crippen LogP) is 2.64. The minimum atomic E-state index is -4.65. The molecular weight excluding hydrogens is 323 g/mol. The first-order valence-electron chi connectivity index (χ1n) is 6.80. The van der Waals surface area contributed by atoms with Gasteiger partial charge < -0.3 is 4.98 Å². The van der Waals surface area contributed by atoms with Gasteiger partial charge in [0.2, 0.25) is 5.82 Å². The smallest absolute Gasteiger partial charge is 0.346 e. The van der Waals surface area contributed by atoms with Crippen LogP contribution in [0.3, 0.4) is 0 Å². The number of alkyl halides is 3. The first-order valence-corrected chi connectivity index (χ1v) is 6.80. The first kappa shape index (κ1) is 14.3. The molecule has 4 aromatic heterocycles. The van der Waals surface area contributed by atoms with Gasteiger partial charge in [-0.15, -0.1) is 0 Å². The molecule has 0 spiro atoms. The van der Waals surface area contributed by atoms with Gasteiger partial charge in [-0.2, -0.15) is 23.5 Å². The Morgan fingerprint density at radius 2 is 2.12 bits per heavy atom. The van der Waals surface area contributed by atoms with Crippen LogP contribution in [0.4, 0.5) is 13.2 Å². The summed E-state index contributed by atoms with van der Waals surface area (Å²) >= 11 is 0. The highest BCUT2D eigenvalue weighted by molar-refractivity contribution is 6.02. The van der Waals surface area contributed by atoms with Gasteiger partial charge in [0, 0.05) is 11.6 Å². The van der Waals surface area contributed by atoms with Crippen molar-refractivity contribution in [2.75, 3.05) is 0 Å². The minimum Gasteiger partial charge on any atom is -0.346 e. The number of halogens is 3. The number of nitrogens with zero attached hydrogens (tertiary/aromatic N) is 6.